The van der Waals surface area contributed by atoms with Crippen LogP contribution in [0.3, 0.4) is 0 Å². The smallest absolute Gasteiger partial charge is 0.323 e. The van der Waals surface area contributed by atoms with E-state index in [1.165, 1.54) is 6.92 Å². The van der Waals surface area contributed by atoms with Crippen LogP contribution in [-0.4, -0.2) is 11.9 Å². The molecule has 2 rings (SSSR count). The third-order valence-electron chi connectivity index (χ3n) is 2.92. The molecule has 0 radical (unpaired) electrons. The second-order valence-corrected chi connectivity index (χ2v) is 5.22. The molecule has 3 amide bonds. The molecule has 0 saturated heterocycles. The highest BCUT2D eigenvalue weighted by Gasteiger charge is 2.05. The third kappa shape index (κ3) is 4.63. The summed E-state index contributed by atoms with van der Waals surface area (Å²) in [6, 6.07) is 12.5. The molecule has 2 aromatic rings. The maximum atomic E-state index is 12.0. The number of hydrogen-bond donors (Lipinski definition) is 3. The Bertz CT molecular complexity index is 691. The molecule has 0 bridgehead atoms. The lowest BCUT2D eigenvalue weighted by molar-refractivity contribution is -0.114. The van der Waals surface area contributed by atoms with Crippen LogP contribution in [0.4, 0.5) is 21.9 Å². The van der Waals surface area contributed by atoms with Crippen LogP contribution in [0, 0.1) is 13.8 Å². The molecule has 5 nitrogen and oxygen atoms in total. The van der Waals surface area contributed by atoms with Crippen molar-refractivity contribution in [3.63, 3.8) is 0 Å². The summed E-state index contributed by atoms with van der Waals surface area (Å²) in [6.07, 6.45) is 0. The Morgan fingerprint density at radius 2 is 1.32 bits per heavy atom. The Kier molecular flexibility index (Phi) is 4.78. The maximum absolute atomic E-state index is 12.0. The number of nitrogens with one attached hydrogen (secondary N) is 3. The van der Waals surface area contributed by atoms with Gasteiger partial charge in [-0.2, -0.15) is 0 Å². The van der Waals surface area contributed by atoms with E-state index in [1.807, 2.05) is 32.0 Å². The number of rotatable bonds is 3. The SMILES string of the molecule is CC(=O)Nc1cccc(NC(=O)Nc2cc(C)cc(C)c2)c1. The van der Waals surface area contributed by atoms with Crippen LogP contribution in [-0.2, 0) is 4.79 Å². The molecule has 22 heavy (non-hydrogen) atoms. The van der Waals surface area contributed by atoms with E-state index in [1.54, 1.807) is 24.3 Å². The number of hydrogen-bond acceptors (Lipinski definition) is 2. The molecule has 0 saturated carbocycles. The second-order valence-electron chi connectivity index (χ2n) is 5.22. The minimum atomic E-state index is -0.329. The van der Waals surface area contributed by atoms with Crippen molar-refractivity contribution >= 4 is 29.0 Å². The lowest BCUT2D eigenvalue weighted by Gasteiger charge is -2.10. The summed E-state index contributed by atoms with van der Waals surface area (Å²) >= 11 is 0. The van der Waals surface area contributed by atoms with Gasteiger partial charge in [-0.05, 0) is 55.3 Å². The minimum absolute atomic E-state index is 0.156. The summed E-state index contributed by atoms with van der Waals surface area (Å²) in [6.45, 7) is 5.40. The van der Waals surface area contributed by atoms with Gasteiger partial charge in [-0.3, -0.25) is 4.79 Å². The second kappa shape index (κ2) is 6.76. The van der Waals surface area contributed by atoms with Crippen molar-refractivity contribution < 1.29 is 9.59 Å². The number of urea groups is 1. The lowest BCUT2D eigenvalue weighted by Crippen LogP contribution is -2.19. The molecule has 0 spiro atoms. The third-order valence-corrected chi connectivity index (χ3v) is 2.92. The van der Waals surface area contributed by atoms with E-state index in [0.29, 0.717) is 11.4 Å². The van der Waals surface area contributed by atoms with Gasteiger partial charge in [0.15, 0.2) is 0 Å². The van der Waals surface area contributed by atoms with E-state index in [2.05, 4.69) is 16.0 Å². The first kappa shape index (κ1) is 15.6. The van der Waals surface area contributed by atoms with Crippen LogP contribution in [0.2, 0.25) is 0 Å². The summed E-state index contributed by atoms with van der Waals surface area (Å²) < 4.78 is 0. The lowest BCUT2D eigenvalue weighted by atomic mass is 10.1. The van der Waals surface area contributed by atoms with Crippen molar-refractivity contribution in [1.29, 1.82) is 0 Å². The van der Waals surface area contributed by atoms with E-state index in [0.717, 1.165) is 16.8 Å². The van der Waals surface area contributed by atoms with Crippen LogP contribution in [0.5, 0.6) is 0 Å². The van der Waals surface area contributed by atoms with Crippen molar-refractivity contribution in [2.45, 2.75) is 20.8 Å². The van der Waals surface area contributed by atoms with Crippen LogP contribution < -0.4 is 16.0 Å². The highest BCUT2D eigenvalue weighted by molar-refractivity contribution is 6.00. The number of aryl methyl sites for hydroxylation is 2. The Hall–Kier alpha value is -2.82. The topological polar surface area (TPSA) is 70.2 Å². The minimum Gasteiger partial charge on any atom is -0.326 e. The van der Waals surface area contributed by atoms with Crippen LogP contribution in [0.1, 0.15) is 18.1 Å². The molecule has 0 fully saturated rings. The van der Waals surface area contributed by atoms with E-state index >= 15 is 0 Å². The van der Waals surface area contributed by atoms with E-state index in [4.69, 9.17) is 0 Å². The molecule has 0 aliphatic rings. The fourth-order valence-corrected chi connectivity index (χ4v) is 2.22. The Morgan fingerprint density at radius 1 is 0.773 bits per heavy atom. The molecule has 0 unspecified atom stereocenters. The number of amides is 3. The Labute approximate surface area is 129 Å². The van der Waals surface area contributed by atoms with Crippen molar-refractivity contribution in [1.82, 2.24) is 0 Å². The van der Waals surface area contributed by atoms with Crippen molar-refractivity contribution in [2.75, 3.05) is 16.0 Å². The normalized spacial score (nSPS) is 9.95. The number of carbonyl (C=O) groups is 2. The van der Waals surface area contributed by atoms with E-state index < -0.39 is 0 Å². The van der Waals surface area contributed by atoms with Gasteiger partial charge >= 0.3 is 6.03 Å². The zero-order valence-corrected chi connectivity index (χ0v) is 12.9. The molecule has 2 aromatic carbocycles. The molecule has 5 heteroatoms. The van der Waals surface area contributed by atoms with Gasteiger partial charge in [0, 0.05) is 24.0 Å². The van der Waals surface area contributed by atoms with Gasteiger partial charge in [-0.25, -0.2) is 4.79 Å². The Balaban J connectivity index is 2.04. The summed E-state index contributed by atoms with van der Waals surface area (Å²) in [7, 11) is 0. The highest BCUT2D eigenvalue weighted by Crippen LogP contribution is 2.17. The quantitative estimate of drug-likeness (QED) is 0.804. The molecule has 0 aromatic heterocycles. The van der Waals surface area contributed by atoms with Gasteiger partial charge in [0.25, 0.3) is 0 Å². The largest absolute Gasteiger partial charge is 0.326 e. The number of benzene rings is 2. The van der Waals surface area contributed by atoms with Gasteiger partial charge in [-0.1, -0.05) is 12.1 Å². The predicted molar refractivity (Wildman–Crippen MR) is 89.3 cm³/mol. The van der Waals surface area contributed by atoms with Gasteiger partial charge < -0.3 is 16.0 Å². The standard InChI is InChI=1S/C17H19N3O2/c1-11-7-12(2)9-16(8-11)20-17(22)19-15-6-4-5-14(10-15)18-13(3)21/h4-10H,1-3H3,(H,18,21)(H2,19,20,22). The molecule has 0 atom stereocenters. The van der Waals surface area contributed by atoms with Crippen LogP contribution in [0.25, 0.3) is 0 Å². The highest BCUT2D eigenvalue weighted by atomic mass is 16.2. The zero-order chi connectivity index (χ0) is 16.1. The molecular weight excluding hydrogens is 278 g/mol. The van der Waals surface area contributed by atoms with Crippen molar-refractivity contribution in [3.8, 4) is 0 Å². The monoisotopic (exact) mass is 297 g/mol. The van der Waals surface area contributed by atoms with E-state index in [9.17, 15) is 9.59 Å². The van der Waals surface area contributed by atoms with Crippen LogP contribution >= 0.6 is 0 Å². The molecule has 114 valence electrons. The zero-order valence-electron chi connectivity index (χ0n) is 12.9. The van der Waals surface area contributed by atoms with Gasteiger partial charge in [0.05, 0.1) is 0 Å². The molecule has 0 heterocycles. The fraction of sp³-hybridized carbons (Fsp3) is 0.176. The average Bonchev–Trinajstić information content (AvgIpc) is 2.36. The summed E-state index contributed by atoms with van der Waals surface area (Å²) in [5.74, 6) is -0.156. The number of anilines is 3. The average molecular weight is 297 g/mol. The van der Waals surface area contributed by atoms with Crippen molar-refractivity contribution in [2.24, 2.45) is 0 Å². The van der Waals surface area contributed by atoms with Gasteiger partial charge in [0.2, 0.25) is 5.91 Å². The molecular formula is C17H19N3O2. The first-order valence-electron chi connectivity index (χ1n) is 6.96. The molecule has 3 N–H and O–H groups in total. The summed E-state index contributed by atoms with van der Waals surface area (Å²) in [5.41, 5.74) is 4.16. The van der Waals surface area contributed by atoms with Crippen molar-refractivity contribution in [3.05, 3.63) is 53.6 Å². The first-order chi connectivity index (χ1) is 10.4. The van der Waals surface area contributed by atoms with Gasteiger partial charge in [0.1, 0.15) is 0 Å². The first-order valence-corrected chi connectivity index (χ1v) is 6.96. The maximum Gasteiger partial charge on any atom is 0.323 e. The summed E-state index contributed by atoms with van der Waals surface area (Å²) in [5, 5.41) is 8.21. The predicted octanol–water partition coefficient (Wildman–Crippen LogP) is 3.91. The summed E-state index contributed by atoms with van der Waals surface area (Å²) in [4.78, 5) is 23.1. The fourth-order valence-electron chi connectivity index (χ4n) is 2.22. The molecule has 0 aliphatic carbocycles. The Morgan fingerprint density at radius 3 is 1.91 bits per heavy atom. The van der Waals surface area contributed by atoms with E-state index in [-0.39, 0.29) is 11.9 Å². The molecule has 0 aliphatic heterocycles. The van der Waals surface area contributed by atoms with Crippen LogP contribution in [0.15, 0.2) is 42.5 Å². The van der Waals surface area contributed by atoms with Gasteiger partial charge in [-0.15, -0.1) is 0 Å². The number of carbonyl (C=O) groups excluding carboxylic acids is 2.